The average molecular weight is 188 g/mol. The van der Waals surface area contributed by atoms with E-state index in [0.717, 1.165) is 12.8 Å². The van der Waals surface area contributed by atoms with Crippen molar-refractivity contribution in [2.75, 3.05) is 6.61 Å². The van der Waals surface area contributed by atoms with Gasteiger partial charge in [0.05, 0.1) is 0 Å². The van der Waals surface area contributed by atoms with E-state index in [4.69, 9.17) is 10.6 Å². The molecule has 0 radical (unpaired) electrons. The number of rotatable bonds is 7. The van der Waals surface area contributed by atoms with Gasteiger partial charge in [-0.3, -0.25) is 10.2 Å². The number of nitrogens with two attached hydrogens (primary N) is 1. The Labute approximate surface area is 79.8 Å². The van der Waals surface area contributed by atoms with Crippen LogP contribution in [0, 0.1) is 0 Å². The molecule has 0 aliphatic rings. The van der Waals surface area contributed by atoms with E-state index in [2.05, 4.69) is 12.3 Å². The highest BCUT2D eigenvalue weighted by Gasteiger charge is 2.10. The summed E-state index contributed by atoms with van der Waals surface area (Å²) in [6.07, 6.45) is 4.16. The van der Waals surface area contributed by atoms with Crippen molar-refractivity contribution >= 4 is 5.91 Å². The Morgan fingerprint density at radius 2 is 2.15 bits per heavy atom. The third-order valence-electron chi connectivity index (χ3n) is 1.88. The second kappa shape index (κ2) is 8.01. The number of carbonyl (C=O) groups is 1. The standard InChI is InChI=1S/C9H20N2O2/c1-3-4-5-6-7-13-8(2)9(12)11-10/h8H,3-7,10H2,1-2H3,(H,11,12). The SMILES string of the molecule is CCCCCCOC(C)C(=O)NN. The molecule has 0 aromatic heterocycles. The lowest BCUT2D eigenvalue weighted by Crippen LogP contribution is -2.39. The first-order valence-electron chi connectivity index (χ1n) is 4.84. The molecular formula is C9H20N2O2. The van der Waals surface area contributed by atoms with Crippen molar-refractivity contribution in [3.63, 3.8) is 0 Å². The highest BCUT2D eigenvalue weighted by Crippen LogP contribution is 2.00. The summed E-state index contributed by atoms with van der Waals surface area (Å²) in [6.45, 7) is 4.49. The molecule has 0 saturated carbocycles. The number of hydrogen-bond acceptors (Lipinski definition) is 3. The maximum absolute atomic E-state index is 10.9. The Bertz CT molecular complexity index is 140. The fraction of sp³-hybridized carbons (Fsp3) is 0.889. The lowest BCUT2D eigenvalue weighted by Gasteiger charge is -2.10. The van der Waals surface area contributed by atoms with Crippen molar-refractivity contribution in [3.05, 3.63) is 0 Å². The first-order valence-corrected chi connectivity index (χ1v) is 4.84. The smallest absolute Gasteiger partial charge is 0.262 e. The molecule has 1 atom stereocenters. The van der Waals surface area contributed by atoms with Gasteiger partial charge >= 0.3 is 0 Å². The van der Waals surface area contributed by atoms with Gasteiger partial charge in [-0.15, -0.1) is 0 Å². The molecule has 13 heavy (non-hydrogen) atoms. The van der Waals surface area contributed by atoms with Gasteiger partial charge in [0.1, 0.15) is 6.10 Å². The van der Waals surface area contributed by atoms with E-state index in [1.54, 1.807) is 6.92 Å². The fourth-order valence-electron chi connectivity index (χ4n) is 0.982. The molecule has 1 unspecified atom stereocenters. The molecule has 0 heterocycles. The molecule has 78 valence electrons. The Balaban J connectivity index is 3.26. The van der Waals surface area contributed by atoms with Crippen LogP contribution in [0.4, 0.5) is 0 Å². The number of carbonyl (C=O) groups excluding carboxylic acids is 1. The average Bonchev–Trinajstić information content (AvgIpc) is 2.16. The van der Waals surface area contributed by atoms with Gasteiger partial charge in [0.2, 0.25) is 0 Å². The molecule has 0 bridgehead atoms. The second-order valence-electron chi connectivity index (χ2n) is 3.08. The lowest BCUT2D eigenvalue weighted by molar-refractivity contribution is -0.131. The summed E-state index contributed by atoms with van der Waals surface area (Å²) in [5.74, 6) is 4.68. The van der Waals surface area contributed by atoms with Gasteiger partial charge < -0.3 is 4.74 Å². The summed E-state index contributed by atoms with van der Waals surface area (Å²) in [7, 11) is 0. The Morgan fingerprint density at radius 1 is 1.46 bits per heavy atom. The van der Waals surface area contributed by atoms with Crippen LogP contribution in [0.3, 0.4) is 0 Å². The van der Waals surface area contributed by atoms with E-state index >= 15 is 0 Å². The predicted molar refractivity (Wildman–Crippen MR) is 51.9 cm³/mol. The third kappa shape index (κ3) is 6.54. The zero-order chi connectivity index (χ0) is 10.1. The summed E-state index contributed by atoms with van der Waals surface area (Å²) in [5.41, 5.74) is 2.05. The Hall–Kier alpha value is -0.610. The van der Waals surface area contributed by atoms with Crippen molar-refractivity contribution in [2.45, 2.75) is 45.6 Å². The molecule has 4 nitrogen and oxygen atoms in total. The molecule has 0 aliphatic carbocycles. The van der Waals surface area contributed by atoms with Gasteiger partial charge in [0.25, 0.3) is 5.91 Å². The van der Waals surface area contributed by atoms with Crippen LogP contribution in [-0.2, 0) is 9.53 Å². The van der Waals surface area contributed by atoms with Gasteiger partial charge in [-0.1, -0.05) is 26.2 Å². The van der Waals surface area contributed by atoms with E-state index in [0.29, 0.717) is 6.61 Å². The molecule has 3 N–H and O–H groups in total. The molecule has 0 aromatic carbocycles. The highest BCUT2D eigenvalue weighted by atomic mass is 16.5. The summed E-state index contributed by atoms with van der Waals surface area (Å²) < 4.78 is 5.25. The van der Waals surface area contributed by atoms with E-state index in [1.165, 1.54) is 12.8 Å². The predicted octanol–water partition coefficient (Wildman–Crippen LogP) is 0.962. The quantitative estimate of drug-likeness (QED) is 0.271. The van der Waals surface area contributed by atoms with Gasteiger partial charge in [0, 0.05) is 6.61 Å². The first-order chi connectivity index (χ1) is 6.22. The Kier molecular flexibility index (Phi) is 7.63. The topological polar surface area (TPSA) is 64.3 Å². The van der Waals surface area contributed by atoms with Crippen molar-refractivity contribution < 1.29 is 9.53 Å². The highest BCUT2D eigenvalue weighted by molar-refractivity contribution is 5.79. The van der Waals surface area contributed by atoms with Gasteiger partial charge in [-0.25, -0.2) is 5.84 Å². The minimum absolute atomic E-state index is 0.268. The van der Waals surface area contributed by atoms with Gasteiger partial charge in [-0.05, 0) is 13.3 Å². The summed E-state index contributed by atoms with van der Waals surface area (Å²) in [6, 6.07) is 0. The van der Waals surface area contributed by atoms with Crippen LogP contribution < -0.4 is 11.3 Å². The minimum Gasteiger partial charge on any atom is -0.369 e. The molecule has 1 amide bonds. The molecular weight excluding hydrogens is 168 g/mol. The van der Waals surface area contributed by atoms with Crippen LogP contribution in [0.1, 0.15) is 39.5 Å². The van der Waals surface area contributed by atoms with Crippen LogP contribution in [-0.4, -0.2) is 18.6 Å². The van der Waals surface area contributed by atoms with Crippen LogP contribution in [0.5, 0.6) is 0 Å². The monoisotopic (exact) mass is 188 g/mol. The number of nitrogens with one attached hydrogen (secondary N) is 1. The zero-order valence-electron chi connectivity index (χ0n) is 8.51. The van der Waals surface area contributed by atoms with Crippen molar-refractivity contribution in [3.8, 4) is 0 Å². The van der Waals surface area contributed by atoms with Gasteiger partial charge in [-0.2, -0.15) is 0 Å². The first kappa shape index (κ1) is 12.4. The van der Waals surface area contributed by atoms with Crippen LogP contribution >= 0.6 is 0 Å². The lowest BCUT2D eigenvalue weighted by atomic mass is 10.2. The summed E-state index contributed by atoms with van der Waals surface area (Å²) >= 11 is 0. The minimum atomic E-state index is -0.438. The van der Waals surface area contributed by atoms with E-state index in [1.807, 2.05) is 0 Å². The van der Waals surface area contributed by atoms with Crippen LogP contribution in [0.2, 0.25) is 0 Å². The van der Waals surface area contributed by atoms with Crippen LogP contribution in [0.25, 0.3) is 0 Å². The molecule has 0 fully saturated rings. The maximum Gasteiger partial charge on any atom is 0.262 e. The van der Waals surface area contributed by atoms with E-state index in [9.17, 15) is 4.79 Å². The molecule has 0 saturated heterocycles. The van der Waals surface area contributed by atoms with E-state index in [-0.39, 0.29) is 5.91 Å². The number of ether oxygens (including phenoxy) is 1. The third-order valence-corrected chi connectivity index (χ3v) is 1.88. The Morgan fingerprint density at radius 3 is 2.69 bits per heavy atom. The van der Waals surface area contributed by atoms with Crippen molar-refractivity contribution in [1.82, 2.24) is 5.43 Å². The molecule has 4 heteroatoms. The number of unbranched alkanes of at least 4 members (excludes halogenated alkanes) is 3. The largest absolute Gasteiger partial charge is 0.369 e. The van der Waals surface area contributed by atoms with Crippen LogP contribution in [0.15, 0.2) is 0 Å². The normalized spacial score (nSPS) is 12.5. The fourth-order valence-corrected chi connectivity index (χ4v) is 0.982. The molecule has 0 aromatic rings. The van der Waals surface area contributed by atoms with E-state index < -0.39 is 6.10 Å². The zero-order valence-corrected chi connectivity index (χ0v) is 8.51. The van der Waals surface area contributed by atoms with Gasteiger partial charge in [0.15, 0.2) is 0 Å². The number of amides is 1. The summed E-state index contributed by atoms with van der Waals surface area (Å²) in [5, 5.41) is 0. The molecule has 0 rings (SSSR count). The molecule has 0 spiro atoms. The number of hydrazine groups is 1. The van der Waals surface area contributed by atoms with Crippen molar-refractivity contribution in [1.29, 1.82) is 0 Å². The maximum atomic E-state index is 10.9. The second-order valence-corrected chi connectivity index (χ2v) is 3.08. The molecule has 0 aliphatic heterocycles. The van der Waals surface area contributed by atoms with Crippen molar-refractivity contribution in [2.24, 2.45) is 5.84 Å². The number of hydrogen-bond donors (Lipinski definition) is 2. The summed E-state index contributed by atoms with van der Waals surface area (Å²) in [4.78, 5) is 10.9.